The van der Waals surface area contributed by atoms with Crippen LogP contribution < -0.4 is 0 Å². The molecule has 0 radical (unpaired) electrons. The number of nitrogens with zero attached hydrogens (tertiary/aromatic N) is 2. The molecule has 142 valence electrons. The van der Waals surface area contributed by atoms with E-state index in [0.29, 0.717) is 17.9 Å². The molecule has 5 heteroatoms. The number of aryl methyl sites for hydroxylation is 1. The van der Waals surface area contributed by atoms with Crippen molar-refractivity contribution in [2.75, 3.05) is 6.61 Å². The van der Waals surface area contributed by atoms with Gasteiger partial charge in [-0.25, -0.2) is 4.79 Å². The van der Waals surface area contributed by atoms with E-state index in [9.17, 15) is 4.79 Å². The summed E-state index contributed by atoms with van der Waals surface area (Å²) in [5.74, 6) is -0.383. The third kappa shape index (κ3) is 4.82. The summed E-state index contributed by atoms with van der Waals surface area (Å²) in [7, 11) is 0. The highest BCUT2D eigenvalue weighted by molar-refractivity contribution is 6.13. The summed E-state index contributed by atoms with van der Waals surface area (Å²) in [6.45, 7) is 4.35. The molecule has 0 atom stereocenters. The topological polar surface area (TPSA) is 60.8 Å². The van der Waals surface area contributed by atoms with Crippen molar-refractivity contribution < 1.29 is 14.4 Å². The monoisotopic (exact) mass is 374 g/mol. The minimum atomic E-state index is -0.383. The van der Waals surface area contributed by atoms with E-state index < -0.39 is 0 Å². The number of hydrogen-bond acceptors (Lipinski definition) is 5. The average Bonchev–Trinajstić information content (AvgIpc) is 2.73. The minimum Gasteiger partial charge on any atom is -0.462 e. The molecular weight excluding hydrogens is 352 g/mol. The third-order valence-electron chi connectivity index (χ3n) is 4.15. The smallest absolute Gasteiger partial charge is 0.339 e. The number of oxime groups is 1. The summed E-state index contributed by atoms with van der Waals surface area (Å²) in [5.41, 5.74) is 4.96. The molecule has 0 saturated carbocycles. The van der Waals surface area contributed by atoms with Gasteiger partial charge in [-0.05, 0) is 31.5 Å². The second kappa shape index (κ2) is 9.46. The first-order chi connectivity index (χ1) is 13.7. The van der Waals surface area contributed by atoms with Gasteiger partial charge in [-0.3, -0.25) is 4.98 Å². The van der Waals surface area contributed by atoms with E-state index in [0.717, 1.165) is 22.4 Å². The zero-order valence-corrected chi connectivity index (χ0v) is 16.0. The molecule has 0 amide bonds. The van der Waals surface area contributed by atoms with E-state index >= 15 is 0 Å². The normalized spacial score (nSPS) is 11.1. The number of ether oxygens (including phenoxy) is 1. The van der Waals surface area contributed by atoms with E-state index in [1.54, 1.807) is 19.1 Å². The van der Waals surface area contributed by atoms with Gasteiger partial charge in [0.2, 0.25) is 0 Å². The Bertz CT molecular complexity index is 951. The Kier molecular flexibility index (Phi) is 6.52. The first-order valence-corrected chi connectivity index (χ1v) is 9.12. The highest BCUT2D eigenvalue weighted by atomic mass is 16.6. The lowest BCUT2D eigenvalue weighted by molar-refractivity contribution is 0.0525. The molecule has 2 aromatic carbocycles. The number of benzene rings is 2. The van der Waals surface area contributed by atoms with E-state index in [2.05, 4.69) is 10.1 Å². The lowest BCUT2D eigenvalue weighted by atomic mass is 9.98. The van der Waals surface area contributed by atoms with Crippen molar-refractivity contribution in [2.24, 2.45) is 5.16 Å². The Morgan fingerprint density at radius 2 is 1.71 bits per heavy atom. The lowest BCUT2D eigenvalue weighted by Crippen LogP contribution is -2.07. The van der Waals surface area contributed by atoms with E-state index in [4.69, 9.17) is 9.57 Å². The molecule has 0 aliphatic rings. The van der Waals surface area contributed by atoms with Crippen molar-refractivity contribution in [3.8, 4) is 0 Å². The van der Waals surface area contributed by atoms with Crippen LogP contribution in [0.1, 0.15) is 39.7 Å². The third-order valence-corrected chi connectivity index (χ3v) is 4.15. The largest absolute Gasteiger partial charge is 0.462 e. The average molecular weight is 374 g/mol. The first kappa shape index (κ1) is 19.3. The van der Waals surface area contributed by atoms with Crippen LogP contribution in [-0.4, -0.2) is 23.3 Å². The second-order valence-electron chi connectivity index (χ2n) is 6.15. The molecule has 0 saturated heterocycles. The maximum atomic E-state index is 11.7. The van der Waals surface area contributed by atoms with Crippen LogP contribution >= 0.6 is 0 Å². The van der Waals surface area contributed by atoms with Crippen molar-refractivity contribution in [1.82, 2.24) is 4.98 Å². The Labute approximate surface area is 164 Å². The van der Waals surface area contributed by atoms with Crippen LogP contribution in [0.4, 0.5) is 0 Å². The number of aromatic nitrogens is 1. The maximum Gasteiger partial charge on any atom is 0.339 e. The molecule has 0 aliphatic carbocycles. The molecule has 0 spiro atoms. The number of rotatable bonds is 7. The molecule has 3 rings (SSSR count). The molecule has 0 N–H and O–H groups in total. The van der Waals surface area contributed by atoms with Gasteiger partial charge in [0.05, 0.1) is 17.9 Å². The van der Waals surface area contributed by atoms with Crippen LogP contribution in [-0.2, 0) is 16.2 Å². The molecule has 0 aliphatic heterocycles. The van der Waals surface area contributed by atoms with Crippen molar-refractivity contribution in [3.05, 3.63) is 101 Å². The second-order valence-corrected chi connectivity index (χ2v) is 6.15. The minimum absolute atomic E-state index is 0.200. The fourth-order valence-corrected chi connectivity index (χ4v) is 2.70. The van der Waals surface area contributed by atoms with Gasteiger partial charge in [0, 0.05) is 17.3 Å². The van der Waals surface area contributed by atoms with E-state index in [1.165, 1.54) is 6.20 Å². The van der Waals surface area contributed by atoms with Crippen molar-refractivity contribution in [3.63, 3.8) is 0 Å². The van der Waals surface area contributed by atoms with Crippen molar-refractivity contribution in [2.45, 2.75) is 20.5 Å². The zero-order valence-electron chi connectivity index (χ0n) is 16.0. The molecule has 28 heavy (non-hydrogen) atoms. The lowest BCUT2D eigenvalue weighted by Gasteiger charge is -2.10. The first-order valence-electron chi connectivity index (χ1n) is 9.12. The van der Waals surface area contributed by atoms with Gasteiger partial charge in [-0.15, -0.1) is 0 Å². The zero-order chi connectivity index (χ0) is 19.8. The van der Waals surface area contributed by atoms with Crippen LogP contribution in [0.5, 0.6) is 0 Å². The number of pyridine rings is 1. The summed E-state index contributed by atoms with van der Waals surface area (Å²) >= 11 is 0. The molecule has 0 unspecified atom stereocenters. The number of carbonyl (C=O) groups excluding carboxylic acids is 1. The maximum absolute atomic E-state index is 11.7. The predicted molar refractivity (Wildman–Crippen MR) is 108 cm³/mol. The van der Waals surface area contributed by atoms with Crippen LogP contribution in [0, 0.1) is 6.92 Å². The summed E-state index contributed by atoms with van der Waals surface area (Å²) in [4.78, 5) is 21.5. The van der Waals surface area contributed by atoms with Gasteiger partial charge in [0.1, 0.15) is 5.71 Å². The molecule has 3 aromatic rings. The van der Waals surface area contributed by atoms with Gasteiger partial charge in [-0.1, -0.05) is 59.8 Å². The SMILES string of the molecule is CCOC(=O)c1ccc(CO/N=C(/c2ccccc2)c2ccccc2C)nc1. The fourth-order valence-electron chi connectivity index (χ4n) is 2.70. The highest BCUT2D eigenvalue weighted by Gasteiger charge is 2.11. The van der Waals surface area contributed by atoms with Crippen LogP contribution in [0.25, 0.3) is 0 Å². The molecule has 1 heterocycles. The van der Waals surface area contributed by atoms with Gasteiger partial charge < -0.3 is 9.57 Å². The van der Waals surface area contributed by atoms with Crippen LogP contribution in [0.3, 0.4) is 0 Å². The van der Waals surface area contributed by atoms with Crippen molar-refractivity contribution in [1.29, 1.82) is 0 Å². The van der Waals surface area contributed by atoms with E-state index in [1.807, 2.05) is 61.5 Å². The summed E-state index contributed by atoms with van der Waals surface area (Å²) < 4.78 is 4.96. The molecule has 0 fully saturated rings. The summed E-state index contributed by atoms with van der Waals surface area (Å²) in [5, 5.41) is 4.39. The Hall–Kier alpha value is -3.47. The number of carbonyl (C=O) groups is 1. The molecule has 0 bridgehead atoms. The van der Waals surface area contributed by atoms with Crippen molar-refractivity contribution >= 4 is 11.7 Å². The Balaban J connectivity index is 1.77. The quantitative estimate of drug-likeness (QED) is 0.346. The Morgan fingerprint density at radius 1 is 0.964 bits per heavy atom. The summed E-state index contributed by atoms with van der Waals surface area (Å²) in [6, 6.07) is 21.4. The van der Waals surface area contributed by atoms with Gasteiger partial charge in [0.15, 0.2) is 6.61 Å². The standard InChI is InChI=1S/C23H22N2O3/c1-3-27-23(26)19-13-14-20(24-15-19)16-28-25-22(18-10-5-4-6-11-18)21-12-8-7-9-17(21)2/h4-15H,3,16H2,1-2H3/b25-22-. The number of hydrogen-bond donors (Lipinski definition) is 0. The Morgan fingerprint density at radius 3 is 2.39 bits per heavy atom. The van der Waals surface area contributed by atoms with Gasteiger partial charge in [-0.2, -0.15) is 0 Å². The molecule has 5 nitrogen and oxygen atoms in total. The van der Waals surface area contributed by atoms with E-state index in [-0.39, 0.29) is 12.6 Å². The fraction of sp³-hybridized carbons (Fsp3) is 0.174. The van der Waals surface area contributed by atoms with Gasteiger partial charge in [0.25, 0.3) is 0 Å². The van der Waals surface area contributed by atoms with Gasteiger partial charge >= 0.3 is 5.97 Å². The number of esters is 1. The van der Waals surface area contributed by atoms with Crippen LogP contribution in [0.2, 0.25) is 0 Å². The molecule has 1 aromatic heterocycles. The molecular formula is C23H22N2O3. The van der Waals surface area contributed by atoms with Crippen LogP contribution in [0.15, 0.2) is 78.1 Å². The predicted octanol–water partition coefficient (Wildman–Crippen LogP) is 4.54. The highest BCUT2D eigenvalue weighted by Crippen LogP contribution is 2.16. The summed E-state index contributed by atoms with van der Waals surface area (Å²) in [6.07, 6.45) is 1.49.